The maximum atomic E-state index is 6.20. The first-order chi connectivity index (χ1) is 11.4. The minimum atomic E-state index is -0.985. The molecule has 0 N–H and O–H groups in total. The van der Waals surface area contributed by atoms with Gasteiger partial charge in [-0.1, -0.05) is 42.1 Å². The van der Waals surface area contributed by atoms with Crippen molar-refractivity contribution in [3.8, 4) is 11.5 Å². The first-order valence-electron chi connectivity index (χ1n) is 7.55. The van der Waals surface area contributed by atoms with E-state index >= 15 is 0 Å². The molecule has 3 aromatic rings. The number of hydrogen-bond donors (Lipinski definition) is 0. The van der Waals surface area contributed by atoms with Gasteiger partial charge in [0.1, 0.15) is 5.03 Å². The lowest BCUT2D eigenvalue weighted by molar-refractivity contribution is 0.471. The Morgan fingerprint density at radius 2 is 1.67 bits per heavy atom. The highest BCUT2D eigenvalue weighted by Crippen LogP contribution is 2.51. The van der Waals surface area contributed by atoms with Gasteiger partial charge >= 0.3 is 0 Å². The zero-order valence-electron chi connectivity index (χ0n) is 14.0. The van der Waals surface area contributed by atoms with E-state index in [1.165, 1.54) is 9.13 Å². The van der Waals surface area contributed by atoms with E-state index in [1.807, 2.05) is 6.07 Å². The highest BCUT2D eigenvalue weighted by Gasteiger charge is 2.22. The Labute approximate surface area is 162 Å². The van der Waals surface area contributed by atoms with Crippen LogP contribution in [0.15, 0.2) is 69.1 Å². The van der Waals surface area contributed by atoms with Crippen molar-refractivity contribution in [3.05, 3.63) is 63.7 Å². The number of nitrogens with zero attached hydrogens (tertiary/aromatic N) is 1. The monoisotopic (exact) mass is 469 g/mol. The van der Waals surface area contributed by atoms with Crippen LogP contribution in [0.3, 0.4) is 0 Å². The molecule has 1 heterocycles. The Morgan fingerprint density at radius 3 is 2.29 bits per heavy atom. The average molecular weight is 469 g/mol. The summed E-state index contributed by atoms with van der Waals surface area (Å²) in [6.07, 6.45) is 6.74. The van der Waals surface area contributed by atoms with E-state index in [-0.39, 0.29) is 0 Å². The fraction of sp³-hybridized carbons (Fsp3) is 0.211. The van der Waals surface area contributed by atoms with Gasteiger partial charge in [0.15, 0.2) is 5.09 Å². The highest BCUT2D eigenvalue weighted by atomic mass is 127. The zero-order chi connectivity index (χ0) is 17.2. The minimum absolute atomic E-state index is 0.722. The van der Waals surface area contributed by atoms with Crippen LogP contribution in [0.25, 0.3) is 11.5 Å². The van der Waals surface area contributed by atoms with E-state index in [0.29, 0.717) is 0 Å². The number of oxazole rings is 1. The Kier molecular flexibility index (Phi) is 5.62. The number of rotatable bonds is 5. The maximum absolute atomic E-state index is 6.20. The number of halogens is 1. The van der Waals surface area contributed by atoms with E-state index in [0.717, 1.165) is 27.3 Å². The quantitative estimate of drug-likeness (QED) is 0.325. The normalized spacial score (nSPS) is 12.3. The lowest BCUT2D eigenvalue weighted by Crippen LogP contribution is -1.93. The molecule has 5 heteroatoms. The van der Waals surface area contributed by atoms with Gasteiger partial charge in [0.2, 0.25) is 5.89 Å². The fourth-order valence-corrected chi connectivity index (χ4v) is 5.20. The smallest absolute Gasteiger partial charge is 0.228 e. The average Bonchev–Trinajstić information content (AvgIpc) is 2.99. The van der Waals surface area contributed by atoms with Crippen LogP contribution in [-0.2, 0) is 5.75 Å². The van der Waals surface area contributed by atoms with Gasteiger partial charge < -0.3 is 4.42 Å². The van der Waals surface area contributed by atoms with Crippen LogP contribution in [0.5, 0.6) is 0 Å². The lowest BCUT2D eigenvalue weighted by atomic mass is 10.2. The van der Waals surface area contributed by atoms with Crippen molar-refractivity contribution >= 4 is 44.4 Å². The molecule has 0 unspecified atom stereocenters. The topological polar surface area (TPSA) is 26.0 Å². The second kappa shape index (κ2) is 7.54. The third kappa shape index (κ3) is 4.37. The van der Waals surface area contributed by atoms with Gasteiger partial charge in [0.05, 0.1) is 0 Å². The molecule has 24 heavy (non-hydrogen) atoms. The van der Waals surface area contributed by atoms with Crippen LogP contribution in [0.1, 0.15) is 5.56 Å². The van der Waals surface area contributed by atoms with Crippen LogP contribution in [-0.4, -0.2) is 23.8 Å². The molecule has 0 spiro atoms. The molecule has 1 aromatic heterocycles. The zero-order valence-corrected chi connectivity index (χ0v) is 17.7. The van der Waals surface area contributed by atoms with Gasteiger partial charge in [-0.3, -0.25) is 0 Å². The van der Waals surface area contributed by atoms with Crippen molar-refractivity contribution in [1.29, 1.82) is 0 Å². The molecule has 0 saturated heterocycles. The lowest BCUT2D eigenvalue weighted by Gasteiger charge is -2.22. The molecule has 0 fully saturated rings. The number of benzene rings is 2. The van der Waals surface area contributed by atoms with Crippen LogP contribution in [0, 0.1) is 3.57 Å². The molecule has 0 bridgehead atoms. The van der Waals surface area contributed by atoms with E-state index in [9.17, 15) is 0 Å². The van der Waals surface area contributed by atoms with Crippen LogP contribution in [0.4, 0.5) is 0 Å². The Morgan fingerprint density at radius 1 is 1.00 bits per heavy atom. The van der Waals surface area contributed by atoms with Gasteiger partial charge in [0, 0.05) is 14.9 Å². The largest absolute Gasteiger partial charge is 0.430 e. The number of aromatic nitrogens is 1. The molecule has 0 atom stereocenters. The summed E-state index contributed by atoms with van der Waals surface area (Å²) in [5.41, 5.74) is 2.34. The summed E-state index contributed by atoms with van der Waals surface area (Å²) in [5.74, 6) is 1.63. The van der Waals surface area contributed by atoms with Crippen LogP contribution >= 0.6 is 44.4 Å². The second-order valence-electron chi connectivity index (χ2n) is 6.23. The molecule has 2 nitrogen and oxygen atoms in total. The first kappa shape index (κ1) is 17.9. The first-order valence-corrected chi connectivity index (χ1v) is 12.5. The summed E-state index contributed by atoms with van der Waals surface area (Å²) >= 11 is 4.07. The van der Waals surface area contributed by atoms with Crippen molar-refractivity contribution < 1.29 is 4.42 Å². The van der Waals surface area contributed by atoms with E-state index in [1.54, 1.807) is 11.8 Å². The summed E-state index contributed by atoms with van der Waals surface area (Å²) in [5, 5.41) is 2.06. The predicted molar refractivity (Wildman–Crippen MR) is 114 cm³/mol. The van der Waals surface area contributed by atoms with Gasteiger partial charge in [-0.15, -0.1) is 0 Å². The Hall–Kier alpha value is -0.920. The second-order valence-corrected chi connectivity index (χ2v) is 12.5. The summed E-state index contributed by atoms with van der Waals surface area (Å²) in [4.78, 5) is 4.81. The molecule has 126 valence electrons. The fourth-order valence-electron chi connectivity index (χ4n) is 2.21. The third-order valence-electron chi connectivity index (χ3n) is 3.43. The number of hydrogen-bond acceptors (Lipinski definition) is 3. The molecular formula is C19H20INOS2. The van der Waals surface area contributed by atoms with Gasteiger partial charge in [0.25, 0.3) is 0 Å². The van der Waals surface area contributed by atoms with E-state index in [4.69, 9.17) is 9.40 Å². The van der Waals surface area contributed by atoms with Gasteiger partial charge in [-0.2, -0.15) is 10.0 Å². The van der Waals surface area contributed by atoms with Crippen LogP contribution in [0.2, 0.25) is 0 Å². The van der Waals surface area contributed by atoms with Crippen LogP contribution < -0.4 is 0 Å². The van der Waals surface area contributed by atoms with Crippen molar-refractivity contribution in [2.75, 3.05) is 18.8 Å². The summed E-state index contributed by atoms with van der Waals surface area (Å²) in [6.45, 7) is 0. The molecule has 0 aliphatic heterocycles. The summed E-state index contributed by atoms with van der Waals surface area (Å²) < 4.78 is 7.41. The minimum Gasteiger partial charge on any atom is -0.430 e. The molecular weight excluding hydrogens is 449 g/mol. The molecule has 0 aliphatic rings. The summed E-state index contributed by atoms with van der Waals surface area (Å²) in [6, 6.07) is 18.8. The summed E-state index contributed by atoms with van der Waals surface area (Å²) in [7, 11) is -0.985. The van der Waals surface area contributed by atoms with E-state index in [2.05, 4.69) is 89.9 Å². The SMILES string of the molecule is CS(C)(C)c1oc(-c2ccc(I)cc2)nc1SCc1ccccc1. The van der Waals surface area contributed by atoms with Crippen molar-refractivity contribution in [2.24, 2.45) is 0 Å². The van der Waals surface area contributed by atoms with Gasteiger partial charge in [-0.25, -0.2) is 4.98 Å². The molecule has 2 aromatic carbocycles. The molecule has 0 amide bonds. The Balaban J connectivity index is 1.90. The van der Waals surface area contributed by atoms with E-state index < -0.39 is 10.0 Å². The molecule has 0 radical (unpaired) electrons. The number of thioether (sulfide) groups is 1. The predicted octanol–water partition coefficient (Wildman–Crippen LogP) is 6.29. The maximum Gasteiger partial charge on any atom is 0.228 e. The molecule has 0 aliphatic carbocycles. The third-order valence-corrected chi connectivity index (χ3v) is 6.70. The van der Waals surface area contributed by atoms with Crippen molar-refractivity contribution in [2.45, 2.75) is 15.9 Å². The van der Waals surface area contributed by atoms with Gasteiger partial charge in [-0.05, 0) is 71.2 Å². The van der Waals surface area contributed by atoms with Crippen molar-refractivity contribution in [3.63, 3.8) is 0 Å². The molecule has 3 rings (SSSR count). The molecule has 0 saturated carbocycles. The Bertz CT molecular complexity index is 808. The standard InChI is InChI=1S/C19H20INOS2/c1-24(2,3)19-18(23-13-14-7-5-4-6-8-14)21-17(22-19)15-9-11-16(20)12-10-15/h4-12H,13H2,1-3H3. The highest BCUT2D eigenvalue weighted by molar-refractivity contribution is 14.1. The van der Waals surface area contributed by atoms with Crippen molar-refractivity contribution in [1.82, 2.24) is 4.98 Å².